The standard InChI is InChI=1S/C19H21ClN2O2/c1-13-4-7-16(10-14(13)2)19(24)21-11-18(23)22(3)12-15-5-8-17(20)9-6-15/h4-10H,11-12H2,1-3H3,(H,21,24). The molecule has 0 fully saturated rings. The molecule has 0 atom stereocenters. The highest BCUT2D eigenvalue weighted by Crippen LogP contribution is 2.11. The molecule has 0 aliphatic carbocycles. The fourth-order valence-electron chi connectivity index (χ4n) is 2.23. The summed E-state index contributed by atoms with van der Waals surface area (Å²) in [5.74, 6) is -0.395. The molecule has 0 aliphatic rings. The normalized spacial score (nSPS) is 10.3. The number of carbonyl (C=O) groups excluding carboxylic acids is 2. The van der Waals surface area contributed by atoms with E-state index in [2.05, 4.69) is 5.32 Å². The number of hydrogen-bond donors (Lipinski definition) is 1. The van der Waals surface area contributed by atoms with Crippen molar-refractivity contribution in [1.29, 1.82) is 0 Å². The number of rotatable bonds is 5. The monoisotopic (exact) mass is 344 g/mol. The molecule has 2 rings (SSSR count). The van der Waals surface area contributed by atoms with Gasteiger partial charge in [-0.25, -0.2) is 0 Å². The Bertz CT molecular complexity index is 742. The molecule has 0 saturated heterocycles. The average molecular weight is 345 g/mol. The molecular weight excluding hydrogens is 324 g/mol. The van der Waals surface area contributed by atoms with E-state index in [1.807, 2.05) is 38.1 Å². The van der Waals surface area contributed by atoms with Crippen LogP contribution in [0.4, 0.5) is 0 Å². The summed E-state index contributed by atoms with van der Waals surface area (Å²) in [6.07, 6.45) is 0. The summed E-state index contributed by atoms with van der Waals surface area (Å²) in [5, 5.41) is 3.33. The Morgan fingerprint density at radius 2 is 1.71 bits per heavy atom. The highest BCUT2D eigenvalue weighted by atomic mass is 35.5. The van der Waals surface area contributed by atoms with Crippen molar-refractivity contribution in [2.45, 2.75) is 20.4 Å². The predicted octanol–water partition coefficient (Wildman–Crippen LogP) is 3.35. The summed E-state index contributed by atoms with van der Waals surface area (Å²) in [5.41, 5.74) is 3.72. The van der Waals surface area contributed by atoms with Crippen molar-refractivity contribution >= 4 is 23.4 Å². The number of amides is 2. The first-order valence-electron chi connectivity index (χ1n) is 7.70. The van der Waals surface area contributed by atoms with E-state index < -0.39 is 0 Å². The summed E-state index contributed by atoms with van der Waals surface area (Å²) in [6, 6.07) is 12.8. The van der Waals surface area contributed by atoms with Crippen molar-refractivity contribution in [2.24, 2.45) is 0 Å². The van der Waals surface area contributed by atoms with Crippen molar-refractivity contribution in [2.75, 3.05) is 13.6 Å². The van der Waals surface area contributed by atoms with Gasteiger partial charge in [-0.15, -0.1) is 0 Å². The van der Waals surface area contributed by atoms with Crippen LogP contribution in [0.15, 0.2) is 42.5 Å². The summed E-state index contributed by atoms with van der Waals surface area (Å²) in [6.45, 7) is 4.38. The molecule has 24 heavy (non-hydrogen) atoms. The molecule has 0 spiro atoms. The van der Waals surface area contributed by atoms with Gasteiger partial charge in [-0.1, -0.05) is 29.8 Å². The third kappa shape index (κ3) is 4.83. The van der Waals surface area contributed by atoms with Crippen LogP contribution in [-0.4, -0.2) is 30.3 Å². The summed E-state index contributed by atoms with van der Waals surface area (Å²) >= 11 is 5.85. The van der Waals surface area contributed by atoms with Crippen LogP contribution in [0.3, 0.4) is 0 Å². The number of benzene rings is 2. The molecule has 0 bridgehead atoms. The molecule has 2 aromatic rings. The average Bonchev–Trinajstić information content (AvgIpc) is 2.56. The van der Waals surface area contributed by atoms with Gasteiger partial charge in [0.1, 0.15) is 0 Å². The second-order valence-electron chi connectivity index (χ2n) is 5.86. The largest absolute Gasteiger partial charge is 0.343 e. The molecule has 126 valence electrons. The number of nitrogens with one attached hydrogen (secondary N) is 1. The Kier molecular flexibility index (Phi) is 5.99. The van der Waals surface area contributed by atoms with Crippen LogP contribution < -0.4 is 5.32 Å². The summed E-state index contributed by atoms with van der Waals surface area (Å²) < 4.78 is 0. The lowest BCUT2D eigenvalue weighted by Crippen LogP contribution is -2.37. The quantitative estimate of drug-likeness (QED) is 0.904. The van der Waals surface area contributed by atoms with Gasteiger partial charge in [-0.05, 0) is 54.8 Å². The smallest absolute Gasteiger partial charge is 0.251 e. The SMILES string of the molecule is Cc1ccc(C(=O)NCC(=O)N(C)Cc2ccc(Cl)cc2)cc1C. The number of hydrogen-bond acceptors (Lipinski definition) is 2. The van der Waals surface area contributed by atoms with Gasteiger partial charge in [0.05, 0.1) is 6.54 Å². The lowest BCUT2D eigenvalue weighted by atomic mass is 10.1. The van der Waals surface area contributed by atoms with Crippen LogP contribution in [0.1, 0.15) is 27.0 Å². The first kappa shape index (κ1) is 18.0. The van der Waals surface area contributed by atoms with Crippen LogP contribution in [0.2, 0.25) is 5.02 Å². The predicted molar refractivity (Wildman–Crippen MR) is 96.2 cm³/mol. The second-order valence-corrected chi connectivity index (χ2v) is 6.29. The molecule has 1 N–H and O–H groups in total. The van der Waals surface area contributed by atoms with Gasteiger partial charge in [-0.2, -0.15) is 0 Å². The zero-order valence-corrected chi connectivity index (χ0v) is 14.9. The lowest BCUT2D eigenvalue weighted by molar-refractivity contribution is -0.129. The molecule has 0 heterocycles. The number of carbonyl (C=O) groups is 2. The summed E-state index contributed by atoms with van der Waals surface area (Å²) in [4.78, 5) is 25.9. The van der Waals surface area contributed by atoms with E-state index in [1.165, 1.54) is 0 Å². The maximum absolute atomic E-state index is 12.2. The minimum Gasteiger partial charge on any atom is -0.343 e. The van der Waals surface area contributed by atoms with Gasteiger partial charge in [0.25, 0.3) is 5.91 Å². The van der Waals surface area contributed by atoms with Gasteiger partial charge >= 0.3 is 0 Å². The summed E-state index contributed by atoms with van der Waals surface area (Å²) in [7, 11) is 1.71. The Morgan fingerprint density at radius 3 is 2.33 bits per heavy atom. The molecule has 4 nitrogen and oxygen atoms in total. The van der Waals surface area contributed by atoms with E-state index in [0.717, 1.165) is 16.7 Å². The lowest BCUT2D eigenvalue weighted by Gasteiger charge is -2.17. The molecule has 0 aromatic heterocycles. The van der Waals surface area contributed by atoms with E-state index in [4.69, 9.17) is 11.6 Å². The fraction of sp³-hybridized carbons (Fsp3) is 0.263. The molecule has 5 heteroatoms. The molecular formula is C19H21ClN2O2. The minimum absolute atomic E-state index is 0.0319. The maximum atomic E-state index is 12.2. The number of nitrogens with zero attached hydrogens (tertiary/aromatic N) is 1. The molecule has 0 saturated carbocycles. The van der Waals surface area contributed by atoms with Gasteiger partial charge in [0.2, 0.25) is 5.91 Å². The van der Waals surface area contributed by atoms with Gasteiger partial charge < -0.3 is 10.2 Å². The van der Waals surface area contributed by atoms with Crippen LogP contribution in [0, 0.1) is 13.8 Å². The van der Waals surface area contributed by atoms with E-state index in [9.17, 15) is 9.59 Å². The molecule has 0 radical (unpaired) electrons. The molecule has 2 aromatic carbocycles. The zero-order chi connectivity index (χ0) is 17.7. The van der Waals surface area contributed by atoms with Gasteiger partial charge in [0, 0.05) is 24.2 Å². The van der Waals surface area contributed by atoms with E-state index in [-0.39, 0.29) is 18.4 Å². The third-order valence-corrected chi connectivity index (χ3v) is 4.18. The van der Waals surface area contributed by atoms with E-state index >= 15 is 0 Å². The minimum atomic E-state index is -0.244. The van der Waals surface area contributed by atoms with E-state index in [0.29, 0.717) is 17.1 Å². The highest BCUT2D eigenvalue weighted by Gasteiger charge is 2.12. The Labute approximate surface area is 147 Å². The van der Waals surface area contributed by atoms with Crippen LogP contribution >= 0.6 is 11.6 Å². The van der Waals surface area contributed by atoms with Crippen molar-refractivity contribution in [3.8, 4) is 0 Å². The number of halogens is 1. The van der Waals surface area contributed by atoms with Crippen molar-refractivity contribution < 1.29 is 9.59 Å². The first-order chi connectivity index (χ1) is 11.4. The van der Waals surface area contributed by atoms with E-state index in [1.54, 1.807) is 30.1 Å². The molecule has 0 aliphatic heterocycles. The van der Waals surface area contributed by atoms with Crippen LogP contribution in [0.25, 0.3) is 0 Å². The van der Waals surface area contributed by atoms with Gasteiger partial charge in [-0.3, -0.25) is 9.59 Å². The Balaban J connectivity index is 1.88. The van der Waals surface area contributed by atoms with Crippen LogP contribution in [0.5, 0.6) is 0 Å². The Morgan fingerprint density at radius 1 is 1.04 bits per heavy atom. The zero-order valence-electron chi connectivity index (χ0n) is 14.1. The topological polar surface area (TPSA) is 49.4 Å². The first-order valence-corrected chi connectivity index (χ1v) is 8.08. The second kappa shape index (κ2) is 7.97. The third-order valence-electron chi connectivity index (χ3n) is 3.93. The number of likely N-dealkylation sites (N-methyl/N-ethyl adjacent to an activating group) is 1. The van der Waals surface area contributed by atoms with Crippen LogP contribution in [-0.2, 0) is 11.3 Å². The van der Waals surface area contributed by atoms with Crippen molar-refractivity contribution in [1.82, 2.24) is 10.2 Å². The van der Waals surface area contributed by atoms with Gasteiger partial charge in [0.15, 0.2) is 0 Å². The molecule has 2 amide bonds. The number of aryl methyl sites for hydroxylation is 2. The Hall–Kier alpha value is -2.33. The van der Waals surface area contributed by atoms with Crippen molar-refractivity contribution in [3.63, 3.8) is 0 Å². The van der Waals surface area contributed by atoms with Crippen molar-refractivity contribution in [3.05, 3.63) is 69.7 Å². The maximum Gasteiger partial charge on any atom is 0.251 e. The highest BCUT2D eigenvalue weighted by molar-refractivity contribution is 6.30. The molecule has 0 unspecified atom stereocenters. The fourth-order valence-corrected chi connectivity index (χ4v) is 2.35.